The van der Waals surface area contributed by atoms with E-state index in [1.54, 1.807) is 14.2 Å². The van der Waals surface area contributed by atoms with Gasteiger partial charge in [0.15, 0.2) is 17.5 Å². The fourth-order valence-corrected chi connectivity index (χ4v) is 3.46. The minimum absolute atomic E-state index is 0.0661. The molecule has 8 nitrogen and oxygen atoms in total. The van der Waals surface area contributed by atoms with Crippen molar-refractivity contribution < 1.29 is 19.0 Å². The first kappa shape index (κ1) is 24.6. The lowest BCUT2D eigenvalue weighted by molar-refractivity contribution is 0.0490. The summed E-state index contributed by atoms with van der Waals surface area (Å²) < 4.78 is 16.7. The molecule has 0 saturated heterocycles. The molecule has 1 aromatic rings. The van der Waals surface area contributed by atoms with Crippen LogP contribution in [0.2, 0.25) is 0 Å². The summed E-state index contributed by atoms with van der Waals surface area (Å²) in [6.45, 7) is 8.21. The number of amides is 1. The summed E-state index contributed by atoms with van der Waals surface area (Å²) in [6.07, 6.45) is 3.31. The molecule has 31 heavy (non-hydrogen) atoms. The molecule has 1 aliphatic carbocycles. The molecule has 0 heterocycles. The molecular formula is C23H38N4O4. The SMILES string of the molecule is CN=C(NCC(C)Oc1ccccc1OC)NC1CCC(NC(=O)OC(C)(C)C)CC1. The molecule has 3 N–H and O–H groups in total. The van der Waals surface area contributed by atoms with Crippen LogP contribution in [0, 0.1) is 0 Å². The predicted molar refractivity (Wildman–Crippen MR) is 123 cm³/mol. The Bertz CT molecular complexity index is 725. The van der Waals surface area contributed by atoms with Gasteiger partial charge in [0.05, 0.1) is 13.7 Å². The number of methoxy groups -OCH3 is 1. The number of carbonyl (C=O) groups excluding carboxylic acids is 1. The largest absolute Gasteiger partial charge is 0.493 e. The Morgan fingerprint density at radius 2 is 1.68 bits per heavy atom. The summed E-state index contributed by atoms with van der Waals surface area (Å²) in [7, 11) is 3.39. The Labute approximate surface area is 186 Å². The summed E-state index contributed by atoms with van der Waals surface area (Å²) in [5.41, 5.74) is -0.479. The quantitative estimate of drug-likeness (QED) is 0.450. The fraction of sp³-hybridized carbons (Fsp3) is 0.652. The van der Waals surface area contributed by atoms with Crippen LogP contribution in [-0.2, 0) is 4.74 Å². The van der Waals surface area contributed by atoms with Gasteiger partial charge in [-0.15, -0.1) is 0 Å². The number of carbonyl (C=O) groups is 1. The van der Waals surface area contributed by atoms with E-state index in [0.29, 0.717) is 18.3 Å². The Balaban J connectivity index is 1.72. The molecular weight excluding hydrogens is 396 g/mol. The molecule has 1 unspecified atom stereocenters. The number of guanidine groups is 1. The van der Waals surface area contributed by atoms with E-state index in [1.807, 2.05) is 52.0 Å². The summed E-state index contributed by atoms with van der Waals surface area (Å²) >= 11 is 0. The highest BCUT2D eigenvalue weighted by Crippen LogP contribution is 2.26. The first-order valence-corrected chi connectivity index (χ1v) is 11.0. The molecule has 0 aromatic heterocycles. The molecule has 174 valence electrons. The van der Waals surface area contributed by atoms with Gasteiger partial charge in [-0.2, -0.15) is 0 Å². The molecule has 0 spiro atoms. The van der Waals surface area contributed by atoms with Gasteiger partial charge < -0.3 is 30.2 Å². The number of ether oxygens (including phenoxy) is 3. The number of alkyl carbamates (subject to hydrolysis) is 1. The van der Waals surface area contributed by atoms with Crippen LogP contribution in [0.5, 0.6) is 11.5 Å². The van der Waals surface area contributed by atoms with Crippen LogP contribution in [0.3, 0.4) is 0 Å². The number of para-hydroxylation sites is 2. The molecule has 8 heteroatoms. The molecule has 1 aliphatic rings. The Hall–Kier alpha value is -2.64. The average Bonchev–Trinajstić information content (AvgIpc) is 2.71. The third kappa shape index (κ3) is 8.94. The van der Waals surface area contributed by atoms with Crippen molar-refractivity contribution >= 4 is 12.1 Å². The smallest absolute Gasteiger partial charge is 0.407 e. The zero-order valence-electron chi connectivity index (χ0n) is 19.7. The first-order valence-electron chi connectivity index (χ1n) is 11.0. The molecule has 1 amide bonds. The highest BCUT2D eigenvalue weighted by molar-refractivity contribution is 5.80. The van der Waals surface area contributed by atoms with Crippen LogP contribution in [0.25, 0.3) is 0 Å². The Kier molecular flexibility index (Phi) is 9.27. The van der Waals surface area contributed by atoms with E-state index in [9.17, 15) is 4.79 Å². The maximum absolute atomic E-state index is 12.0. The number of hydrogen-bond acceptors (Lipinski definition) is 5. The van der Waals surface area contributed by atoms with Gasteiger partial charge >= 0.3 is 6.09 Å². The molecule has 2 rings (SSSR count). The first-order chi connectivity index (χ1) is 14.7. The van der Waals surface area contributed by atoms with Crippen molar-refractivity contribution in [2.24, 2.45) is 4.99 Å². The van der Waals surface area contributed by atoms with Gasteiger partial charge in [-0.3, -0.25) is 4.99 Å². The van der Waals surface area contributed by atoms with Gasteiger partial charge in [-0.05, 0) is 65.5 Å². The summed E-state index contributed by atoms with van der Waals surface area (Å²) in [5.74, 6) is 2.19. The summed E-state index contributed by atoms with van der Waals surface area (Å²) in [6, 6.07) is 8.08. The van der Waals surface area contributed by atoms with Crippen molar-refractivity contribution in [3.05, 3.63) is 24.3 Å². The van der Waals surface area contributed by atoms with E-state index in [-0.39, 0.29) is 18.2 Å². The molecule has 1 atom stereocenters. The predicted octanol–water partition coefficient (Wildman–Crippen LogP) is 3.46. The average molecular weight is 435 g/mol. The van der Waals surface area contributed by atoms with Gasteiger partial charge in [0.25, 0.3) is 0 Å². The number of hydrogen-bond donors (Lipinski definition) is 3. The fourth-order valence-electron chi connectivity index (χ4n) is 3.46. The molecule has 0 radical (unpaired) electrons. The van der Waals surface area contributed by atoms with Crippen molar-refractivity contribution in [2.75, 3.05) is 20.7 Å². The van der Waals surface area contributed by atoms with Crippen LogP contribution >= 0.6 is 0 Å². The summed E-state index contributed by atoms with van der Waals surface area (Å²) in [5, 5.41) is 9.78. The van der Waals surface area contributed by atoms with Crippen molar-refractivity contribution in [2.45, 2.75) is 77.2 Å². The monoisotopic (exact) mass is 434 g/mol. The zero-order chi connectivity index (χ0) is 22.9. The third-order valence-corrected chi connectivity index (χ3v) is 4.97. The van der Waals surface area contributed by atoms with E-state index < -0.39 is 5.60 Å². The van der Waals surface area contributed by atoms with Gasteiger partial charge in [0.2, 0.25) is 0 Å². The maximum atomic E-state index is 12.0. The van der Waals surface area contributed by atoms with Crippen molar-refractivity contribution in [3.8, 4) is 11.5 Å². The van der Waals surface area contributed by atoms with E-state index in [0.717, 1.165) is 37.4 Å². The Morgan fingerprint density at radius 1 is 1.10 bits per heavy atom. The topological polar surface area (TPSA) is 93.2 Å². The van der Waals surface area contributed by atoms with Crippen molar-refractivity contribution in [3.63, 3.8) is 0 Å². The maximum Gasteiger partial charge on any atom is 0.407 e. The molecule has 0 aliphatic heterocycles. The van der Waals surface area contributed by atoms with E-state index in [4.69, 9.17) is 14.2 Å². The van der Waals surface area contributed by atoms with Crippen LogP contribution in [0.4, 0.5) is 4.79 Å². The van der Waals surface area contributed by atoms with Gasteiger partial charge in [0.1, 0.15) is 11.7 Å². The molecule has 1 fully saturated rings. The number of nitrogens with zero attached hydrogens (tertiary/aromatic N) is 1. The van der Waals surface area contributed by atoms with Crippen molar-refractivity contribution in [1.29, 1.82) is 0 Å². The minimum atomic E-state index is -0.479. The van der Waals surface area contributed by atoms with Crippen LogP contribution in [-0.4, -0.2) is 56.5 Å². The highest BCUT2D eigenvalue weighted by Gasteiger charge is 2.25. The second-order valence-corrected chi connectivity index (χ2v) is 8.87. The number of rotatable bonds is 7. The van der Waals surface area contributed by atoms with Gasteiger partial charge in [0, 0.05) is 19.1 Å². The molecule has 1 aromatic carbocycles. The van der Waals surface area contributed by atoms with Crippen LogP contribution in [0.1, 0.15) is 53.4 Å². The Morgan fingerprint density at radius 3 is 2.23 bits per heavy atom. The molecule has 0 bridgehead atoms. The highest BCUT2D eigenvalue weighted by atomic mass is 16.6. The number of benzene rings is 1. The third-order valence-electron chi connectivity index (χ3n) is 4.97. The van der Waals surface area contributed by atoms with Crippen LogP contribution < -0.4 is 25.4 Å². The van der Waals surface area contributed by atoms with Crippen molar-refractivity contribution in [1.82, 2.24) is 16.0 Å². The second-order valence-electron chi connectivity index (χ2n) is 8.87. The second kappa shape index (κ2) is 11.7. The number of nitrogens with one attached hydrogen (secondary N) is 3. The lowest BCUT2D eigenvalue weighted by Crippen LogP contribution is -2.49. The lowest BCUT2D eigenvalue weighted by atomic mass is 9.91. The zero-order valence-corrected chi connectivity index (χ0v) is 19.7. The van der Waals surface area contributed by atoms with Gasteiger partial charge in [-0.25, -0.2) is 4.79 Å². The van der Waals surface area contributed by atoms with E-state index >= 15 is 0 Å². The van der Waals surface area contributed by atoms with E-state index in [2.05, 4.69) is 20.9 Å². The minimum Gasteiger partial charge on any atom is -0.493 e. The van der Waals surface area contributed by atoms with E-state index in [1.165, 1.54) is 0 Å². The lowest BCUT2D eigenvalue weighted by Gasteiger charge is -2.31. The standard InChI is InChI=1S/C23H38N4O4/c1-16(30-20-10-8-7-9-19(20)29-6)15-25-21(24-5)26-17-11-13-18(14-12-17)27-22(28)31-23(2,3)4/h7-10,16-18H,11-15H2,1-6H3,(H,27,28)(H2,24,25,26). The summed E-state index contributed by atoms with van der Waals surface area (Å²) in [4.78, 5) is 16.3. The normalized spacial score (nSPS) is 20.4. The van der Waals surface area contributed by atoms with Gasteiger partial charge in [-0.1, -0.05) is 12.1 Å². The van der Waals surface area contributed by atoms with Crippen LogP contribution in [0.15, 0.2) is 29.3 Å². The molecule has 1 saturated carbocycles. The number of aliphatic imine (C=N–C) groups is 1.